The van der Waals surface area contributed by atoms with Crippen molar-refractivity contribution in [2.75, 3.05) is 31.6 Å². The Kier molecular flexibility index (Phi) is 4.36. The van der Waals surface area contributed by atoms with Crippen LogP contribution in [-0.2, 0) is 16.8 Å². The number of piperidine rings is 1. The lowest BCUT2D eigenvalue weighted by molar-refractivity contribution is -0.0347. The number of benzene rings is 1. The molecule has 1 aromatic heterocycles. The first-order valence-corrected chi connectivity index (χ1v) is 9.14. The van der Waals surface area contributed by atoms with E-state index in [0.29, 0.717) is 18.1 Å². The van der Waals surface area contributed by atoms with E-state index in [2.05, 4.69) is 44.5 Å². The fourth-order valence-corrected chi connectivity index (χ4v) is 4.08. The third-order valence-corrected chi connectivity index (χ3v) is 5.53. The summed E-state index contributed by atoms with van der Waals surface area (Å²) in [4.78, 5) is 23.5. The third kappa shape index (κ3) is 2.84. The zero-order valence-electron chi connectivity index (χ0n) is 15.3. The van der Waals surface area contributed by atoms with Crippen molar-refractivity contribution in [2.45, 2.75) is 31.8 Å². The molecule has 0 atom stereocenters. The van der Waals surface area contributed by atoms with Gasteiger partial charge in [0.25, 0.3) is 5.91 Å². The van der Waals surface area contributed by atoms with Crippen LogP contribution in [0.25, 0.3) is 0 Å². The van der Waals surface area contributed by atoms with Gasteiger partial charge in [-0.15, -0.1) is 0 Å². The minimum atomic E-state index is -0.253. The largest absolute Gasteiger partial charge is 0.373 e. The molecule has 26 heavy (non-hydrogen) atoms. The summed E-state index contributed by atoms with van der Waals surface area (Å²) >= 11 is 0. The first kappa shape index (κ1) is 17.0. The number of amides is 1. The van der Waals surface area contributed by atoms with E-state index in [-0.39, 0.29) is 11.5 Å². The van der Waals surface area contributed by atoms with E-state index in [0.717, 1.165) is 43.7 Å². The molecule has 1 saturated heterocycles. The minimum absolute atomic E-state index is 0.0921. The molecule has 0 saturated carbocycles. The second-order valence-electron chi connectivity index (χ2n) is 6.98. The molecular formula is C20H24N4O2. The van der Waals surface area contributed by atoms with Crippen molar-refractivity contribution in [3.05, 3.63) is 53.0 Å². The summed E-state index contributed by atoms with van der Waals surface area (Å²) in [6.45, 7) is 4.17. The summed E-state index contributed by atoms with van der Waals surface area (Å²) < 4.78 is 5.98. The molecule has 2 aromatic rings. The molecule has 6 nitrogen and oxygen atoms in total. The van der Waals surface area contributed by atoms with Crippen molar-refractivity contribution in [1.29, 1.82) is 0 Å². The van der Waals surface area contributed by atoms with Crippen molar-refractivity contribution in [2.24, 2.45) is 0 Å². The zero-order valence-corrected chi connectivity index (χ0v) is 15.3. The maximum absolute atomic E-state index is 12.2. The van der Waals surface area contributed by atoms with Crippen molar-refractivity contribution < 1.29 is 9.53 Å². The number of hydrogen-bond donors (Lipinski definition) is 1. The van der Waals surface area contributed by atoms with Gasteiger partial charge in [-0.3, -0.25) is 4.79 Å². The van der Waals surface area contributed by atoms with Crippen LogP contribution in [0, 0.1) is 6.92 Å². The van der Waals surface area contributed by atoms with Crippen LogP contribution in [-0.4, -0.2) is 42.6 Å². The second-order valence-corrected chi connectivity index (χ2v) is 6.98. The molecule has 0 unspecified atom stereocenters. The molecule has 0 spiro atoms. The topological polar surface area (TPSA) is 67.3 Å². The first-order valence-electron chi connectivity index (χ1n) is 9.14. The second kappa shape index (κ2) is 6.68. The van der Waals surface area contributed by atoms with E-state index in [9.17, 15) is 4.79 Å². The molecule has 6 heteroatoms. The highest BCUT2D eigenvalue weighted by Crippen LogP contribution is 2.38. The van der Waals surface area contributed by atoms with E-state index in [1.165, 1.54) is 5.56 Å². The predicted molar refractivity (Wildman–Crippen MR) is 99.4 cm³/mol. The number of carbonyl (C=O) groups excluding carboxylic acids is 1. The van der Waals surface area contributed by atoms with Crippen molar-refractivity contribution in [1.82, 2.24) is 15.3 Å². The highest BCUT2D eigenvalue weighted by Gasteiger charge is 2.37. The van der Waals surface area contributed by atoms with Gasteiger partial charge in [-0.1, -0.05) is 30.3 Å². The Bertz CT molecular complexity index is 814. The molecule has 1 aromatic carbocycles. The number of carbonyl (C=O) groups is 1. The van der Waals surface area contributed by atoms with Crippen molar-refractivity contribution in [3.63, 3.8) is 0 Å². The van der Waals surface area contributed by atoms with Gasteiger partial charge in [0.2, 0.25) is 0 Å². The first-order chi connectivity index (χ1) is 12.6. The highest BCUT2D eigenvalue weighted by atomic mass is 16.5. The van der Waals surface area contributed by atoms with Crippen LogP contribution < -0.4 is 10.2 Å². The Morgan fingerprint density at radius 1 is 1.15 bits per heavy atom. The predicted octanol–water partition coefficient (Wildman–Crippen LogP) is 2.21. The molecule has 0 bridgehead atoms. The molecule has 1 amide bonds. The van der Waals surface area contributed by atoms with Crippen molar-refractivity contribution >= 4 is 11.7 Å². The van der Waals surface area contributed by atoms with Gasteiger partial charge in [0.1, 0.15) is 17.3 Å². The monoisotopic (exact) mass is 352 g/mol. The van der Waals surface area contributed by atoms with Crippen LogP contribution in [0.2, 0.25) is 0 Å². The number of anilines is 1. The average Bonchev–Trinajstić information content (AvgIpc) is 2.69. The van der Waals surface area contributed by atoms with Gasteiger partial charge in [-0.05, 0) is 31.7 Å². The number of nitrogens with one attached hydrogen (secondary N) is 1. The molecule has 1 N–H and O–H groups in total. The lowest BCUT2D eigenvalue weighted by Gasteiger charge is -2.42. The Labute approximate surface area is 153 Å². The number of aryl methyl sites for hydroxylation is 1. The van der Waals surface area contributed by atoms with Crippen LogP contribution in [0.3, 0.4) is 0 Å². The number of aromatic nitrogens is 2. The number of methoxy groups -OCH3 is 1. The fraction of sp³-hybridized carbons (Fsp3) is 0.450. The molecule has 136 valence electrons. The van der Waals surface area contributed by atoms with E-state index in [4.69, 9.17) is 4.74 Å². The van der Waals surface area contributed by atoms with Gasteiger partial charge in [-0.2, -0.15) is 0 Å². The van der Waals surface area contributed by atoms with Gasteiger partial charge in [-0.25, -0.2) is 9.97 Å². The Morgan fingerprint density at radius 3 is 2.58 bits per heavy atom. The van der Waals surface area contributed by atoms with Crippen LogP contribution in [0.15, 0.2) is 30.3 Å². The van der Waals surface area contributed by atoms with Crippen LogP contribution >= 0.6 is 0 Å². The van der Waals surface area contributed by atoms with Gasteiger partial charge in [0.05, 0.1) is 5.60 Å². The van der Waals surface area contributed by atoms with E-state index < -0.39 is 0 Å². The smallest absolute Gasteiger partial charge is 0.270 e. The Balaban J connectivity index is 1.62. The average molecular weight is 352 g/mol. The van der Waals surface area contributed by atoms with Crippen LogP contribution in [0.1, 0.15) is 40.3 Å². The van der Waals surface area contributed by atoms with E-state index in [1.54, 1.807) is 7.11 Å². The third-order valence-electron chi connectivity index (χ3n) is 5.53. The molecule has 0 radical (unpaired) electrons. The Hall–Kier alpha value is -2.47. The maximum Gasteiger partial charge on any atom is 0.270 e. The molecule has 4 rings (SSSR count). The van der Waals surface area contributed by atoms with Crippen molar-refractivity contribution in [3.8, 4) is 0 Å². The summed E-state index contributed by atoms with van der Waals surface area (Å²) in [7, 11) is 1.80. The van der Waals surface area contributed by atoms with Crippen LogP contribution in [0.5, 0.6) is 0 Å². The summed E-state index contributed by atoms with van der Waals surface area (Å²) in [5.41, 5.74) is 2.48. The standard InChI is InChI=1S/C20H24N4O2/c1-14-22-17-16(8-11-21-19(17)25)18(23-14)24-12-9-20(26-2,10-13-24)15-6-4-3-5-7-15/h3-7H,8-13H2,1-2H3,(H,21,25). The molecule has 0 aliphatic carbocycles. The number of nitrogens with zero attached hydrogens (tertiary/aromatic N) is 3. The molecule has 2 aliphatic rings. The van der Waals surface area contributed by atoms with Crippen LogP contribution in [0.4, 0.5) is 5.82 Å². The van der Waals surface area contributed by atoms with Gasteiger partial charge < -0.3 is 15.0 Å². The summed E-state index contributed by atoms with van der Waals surface area (Å²) in [6, 6.07) is 10.4. The summed E-state index contributed by atoms with van der Waals surface area (Å²) in [5, 5.41) is 2.87. The molecular weight excluding hydrogens is 328 g/mol. The SMILES string of the molecule is COC1(c2ccccc2)CCN(c2nc(C)nc3c2CCNC3=O)CC1. The summed E-state index contributed by atoms with van der Waals surface area (Å²) in [5.74, 6) is 1.47. The molecule has 1 fully saturated rings. The number of rotatable bonds is 3. The van der Waals surface area contributed by atoms with Gasteiger partial charge in [0, 0.05) is 32.3 Å². The van der Waals surface area contributed by atoms with E-state index >= 15 is 0 Å². The normalized spacial score (nSPS) is 19.0. The highest BCUT2D eigenvalue weighted by molar-refractivity contribution is 5.96. The zero-order chi connectivity index (χ0) is 18.1. The van der Waals surface area contributed by atoms with Gasteiger partial charge in [0.15, 0.2) is 0 Å². The number of hydrogen-bond acceptors (Lipinski definition) is 5. The summed E-state index contributed by atoms with van der Waals surface area (Å²) in [6.07, 6.45) is 2.55. The minimum Gasteiger partial charge on any atom is -0.373 e. The number of ether oxygens (including phenoxy) is 1. The lowest BCUT2D eigenvalue weighted by atomic mass is 9.84. The van der Waals surface area contributed by atoms with E-state index in [1.807, 2.05) is 13.0 Å². The molecule has 3 heterocycles. The van der Waals surface area contributed by atoms with Gasteiger partial charge >= 0.3 is 0 Å². The maximum atomic E-state index is 12.2. The Morgan fingerprint density at radius 2 is 1.88 bits per heavy atom. The lowest BCUT2D eigenvalue weighted by Crippen LogP contribution is -2.45. The number of fused-ring (bicyclic) bond motifs is 1. The fourth-order valence-electron chi connectivity index (χ4n) is 4.08. The molecule has 2 aliphatic heterocycles. The quantitative estimate of drug-likeness (QED) is 0.917.